The van der Waals surface area contributed by atoms with E-state index in [0.29, 0.717) is 39.7 Å². The van der Waals surface area contributed by atoms with E-state index in [1.54, 1.807) is 30.2 Å². The van der Waals surface area contributed by atoms with Crippen molar-refractivity contribution in [2.24, 2.45) is 18.9 Å². The molecule has 3 atom stereocenters. The predicted molar refractivity (Wildman–Crippen MR) is 107 cm³/mol. The Bertz CT molecular complexity index is 1320. The van der Waals surface area contributed by atoms with Gasteiger partial charge in [-0.05, 0) is 24.0 Å². The van der Waals surface area contributed by atoms with E-state index in [1.165, 1.54) is 10.9 Å². The number of pyridine rings is 1. The summed E-state index contributed by atoms with van der Waals surface area (Å²) < 4.78 is 8.55. The molecule has 0 bridgehead atoms. The van der Waals surface area contributed by atoms with Crippen molar-refractivity contribution in [2.45, 2.75) is 12.5 Å². The molecule has 5 heterocycles. The number of aryl methyl sites for hydroxylation is 1. The molecule has 1 saturated carbocycles. The average Bonchev–Trinajstić information content (AvgIpc) is 3.16. The van der Waals surface area contributed by atoms with Crippen LogP contribution in [0.5, 0.6) is 0 Å². The van der Waals surface area contributed by atoms with Crippen molar-refractivity contribution < 1.29 is 4.52 Å². The average molecular weight is 425 g/mol. The van der Waals surface area contributed by atoms with E-state index in [4.69, 9.17) is 16.1 Å². The van der Waals surface area contributed by atoms with Crippen molar-refractivity contribution in [2.75, 3.05) is 18.0 Å². The maximum Gasteiger partial charge on any atom is 0.280 e. The van der Waals surface area contributed by atoms with Gasteiger partial charge in [-0.2, -0.15) is 4.98 Å². The van der Waals surface area contributed by atoms with E-state index in [9.17, 15) is 4.79 Å². The minimum atomic E-state index is -0.187. The van der Waals surface area contributed by atoms with Gasteiger partial charge in [0.1, 0.15) is 18.7 Å². The number of imidazole rings is 1. The minimum Gasteiger partial charge on any atom is -0.356 e. The smallest absolute Gasteiger partial charge is 0.280 e. The van der Waals surface area contributed by atoms with Gasteiger partial charge in [0, 0.05) is 37.3 Å². The Kier molecular flexibility index (Phi) is 3.73. The third kappa shape index (κ3) is 2.71. The van der Waals surface area contributed by atoms with E-state index >= 15 is 0 Å². The number of rotatable bonds is 4. The lowest BCUT2D eigenvalue weighted by Gasteiger charge is -2.20. The summed E-state index contributed by atoms with van der Waals surface area (Å²) in [4.78, 5) is 32.2. The van der Waals surface area contributed by atoms with Gasteiger partial charge in [0.25, 0.3) is 5.56 Å². The number of anilines is 1. The lowest BCUT2D eigenvalue weighted by molar-refractivity contribution is 0.363. The molecule has 4 aromatic rings. The zero-order chi connectivity index (χ0) is 20.4. The summed E-state index contributed by atoms with van der Waals surface area (Å²) in [6, 6.07) is 3.66. The molecule has 1 aliphatic carbocycles. The summed E-state index contributed by atoms with van der Waals surface area (Å²) in [5, 5.41) is 4.86. The fourth-order valence-electron chi connectivity index (χ4n) is 4.46. The van der Waals surface area contributed by atoms with Crippen molar-refractivity contribution in [3.8, 4) is 0 Å². The van der Waals surface area contributed by atoms with Crippen LogP contribution in [0.15, 0.2) is 40.3 Å². The summed E-state index contributed by atoms with van der Waals surface area (Å²) in [5.41, 5.74) is 0.686. The first kappa shape index (κ1) is 17.6. The summed E-state index contributed by atoms with van der Waals surface area (Å²) in [7, 11) is 1.77. The van der Waals surface area contributed by atoms with Gasteiger partial charge in [0.15, 0.2) is 17.0 Å². The van der Waals surface area contributed by atoms with E-state index in [-0.39, 0.29) is 18.0 Å². The first-order valence-electron chi connectivity index (χ1n) is 9.64. The maximum atomic E-state index is 12.7. The summed E-state index contributed by atoms with van der Waals surface area (Å²) >= 11 is 6.08. The second-order valence-electron chi connectivity index (χ2n) is 7.84. The number of aromatic nitrogens is 7. The van der Waals surface area contributed by atoms with Crippen molar-refractivity contribution in [1.82, 2.24) is 34.2 Å². The van der Waals surface area contributed by atoms with Gasteiger partial charge >= 0.3 is 0 Å². The molecule has 30 heavy (non-hydrogen) atoms. The van der Waals surface area contributed by atoms with Crippen LogP contribution in [0, 0.1) is 11.8 Å². The maximum absolute atomic E-state index is 12.7. The zero-order valence-corrected chi connectivity index (χ0v) is 16.8. The third-order valence-electron chi connectivity index (χ3n) is 6.01. The third-order valence-corrected chi connectivity index (χ3v) is 6.25. The monoisotopic (exact) mass is 424 g/mol. The molecule has 0 spiro atoms. The van der Waals surface area contributed by atoms with Crippen LogP contribution in [0.2, 0.25) is 5.02 Å². The van der Waals surface area contributed by atoms with Crippen LogP contribution in [-0.2, 0) is 13.6 Å². The highest BCUT2D eigenvalue weighted by atomic mass is 35.5. The number of halogens is 1. The molecular formula is C19H17ClN8O2. The number of piperidine rings is 1. The molecule has 6 rings (SSSR count). The quantitative estimate of drug-likeness (QED) is 0.484. The normalized spacial score (nSPS) is 22.6. The number of hydrogen-bond acceptors (Lipinski definition) is 8. The molecule has 2 aliphatic rings. The van der Waals surface area contributed by atoms with Gasteiger partial charge in [-0.15, -0.1) is 0 Å². The first-order valence-corrected chi connectivity index (χ1v) is 10.0. The Morgan fingerprint density at radius 1 is 1.20 bits per heavy atom. The van der Waals surface area contributed by atoms with Gasteiger partial charge in [-0.3, -0.25) is 9.36 Å². The lowest BCUT2D eigenvalue weighted by Crippen LogP contribution is -2.24. The Morgan fingerprint density at radius 3 is 2.80 bits per heavy atom. The van der Waals surface area contributed by atoms with Crippen LogP contribution < -0.4 is 10.5 Å². The van der Waals surface area contributed by atoms with E-state index in [1.807, 2.05) is 6.07 Å². The highest BCUT2D eigenvalue weighted by Gasteiger charge is 2.58. The van der Waals surface area contributed by atoms with Crippen LogP contribution in [0.4, 0.5) is 5.82 Å². The number of fused-ring (bicyclic) bond motifs is 2. The molecule has 1 aliphatic heterocycles. The highest BCUT2D eigenvalue weighted by molar-refractivity contribution is 6.30. The summed E-state index contributed by atoms with van der Waals surface area (Å²) in [6.45, 7) is 1.97. The van der Waals surface area contributed by atoms with Crippen LogP contribution in [0.25, 0.3) is 11.2 Å². The van der Waals surface area contributed by atoms with Crippen LogP contribution in [-0.4, -0.2) is 47.3 Å². The Hall–Kier alpha value is -3.27. The van der Waals surface area contributed by atoms with E-state index in [2.05, 4.69) is 30.0 Å². The standard InChI is InChI=1S/C19H17ClN8O2/c1-26-8-22-18-16(26)19(29)28(9-23-18)7-14-24-17(25-30-14)15-11-5-27(6-12(11)15)13-4-10(20)2-3-21-13/h2-4,8-9,11-12,15H,5-7H2,1H3/t11-,12+,15+. The molecule has 0 aromatic carbocycles. The Morgan fingerprint density at radius 2 is 2.00 bits per heavy atom. The molecule has 0 amide bonds. The molecule has 1 saturated heterocycles. The van der Waals surface area contributed by atoms with Gasteiger partial charge in [-0.25, -0.2) is 15.0 Å². The largest absolute Gasteiger partial charge is 0.356 e. The molecule has 0 radical (unpaired) electrons. The van der Waals surface area contributed by atoms with Gasteiger partial charge in [-0.1, -0.05) is 16.8 Å². The van der Waals surface area contributed by atoms with Crippen molar-refractivity contribution in [3.05, 3.63) is 58.1 Å². The highest BCUT2D eigenvalue weighted by Crippen LogP contribution is 2.57. The zero-order valence-electron chi connectivity index (χ0n) is 16.0. The van der Waals surface area contributed by atoms with Gasteiger partial charge in [0.05, 0.1) is 6.33 Å². The number of nitrogens with zero attached hydrogens (tertiary/aromatic N) is 8. The van der Waals surface area contributed by atoms with Gasteiger partial charge in [0.2, 0.25) is 5.89 Å². The van der Waals surface area contributed by atoms with Gasteiger partial charge < -0.3 is 14.0 Å². The SMILES string of the molecule is Cn1cnc2ncn(Cc3nc([C@H]4[C@@H]5CN(c6cc(Cl)ccn6)C[C@@H]54)no3)c(=O)c21. The van der Waals surface area contributed by atoms with Crippen LogP contribution >= 0.6 is 11.6 Å². The predicted octanol–water partition coefficient (Wildman–Crippen LogP) is 1.46. The lowest BCUT2D eigenvalue weighted by atomic mass is 10.2. The fourth-order valence-corrected chi connectivity index (χ4v) is 4.61. The van der Waals surface area contributed by atoms with Crippen LogP contribution in [0.3, 0.4) is 0 Å². The second kappa shape index (κ2) is 6.36. The number of hydrogen-bond donors (Lipinski definition) is 0. The topological polar surface area (TPSA) is 108 Å². The van der Waals surface area contributed by atoms with Crippen molar-refractivity contribution >= 4 is 28.6 Å². The Balaban J connectivity index is 1.17. The first-order chi connectivity index (χ1) is 14.6. The van der Waals surface area contributed by atoms with Crippen molar-refractivity contribution in [3.63, 3.8) is 0 Å². The summed E-state index contributed by atoms with van der Waals surface area (Å²) in [5.74, 6) is 3.25. The van der Waals surface area contributed by atoms with Crippen LogP contribution in [0.1, 0.15) is 17.6 Å². The molecule has 10 nitrogen and oxygen atoms in total. The molecular weight excluding hydrogens is 408 g/mol. The van der Waals surface area contributed by atoms with Crippen molar-refractivity contribution in [1.29, 1.82) is 0 Å². The molecule has 0 N–H and O–H groups in total. The molecule has 2 fully saturated rings. The molecule has 0 unspecified atom stereocenters. The minimum absolute atomic E-state index is 0.181. The molecule has 4 aromatic heterocycles. The molecule has 11 heteroatoms. The Labute approximate surface area is 175 Å². The second-order valence-corrected chi connectivity index (χ2v) is 8.28. The molecule has 152 valence electrons. The summed E-state index contributed by atoms with van der Waals surface area (Å²) in [6.07, 6.45) is 4.76. The fraction of sp³-hybridized carbons (Fsp3) is 0.368. The van der Waals surface area contributed by atoms with E-state index < -0.39 is 0 Å². The van der Waals surface area contributed by atoms with E-state index in [0.717, 1.165) is 18.9 Å².